The summed E-state index contributed by atoms with van der Waals surface area (Å²) in [6.45, 7) is 0.213. The zero-order valence-corrected chi connectivity index (χ0v) is 12.2. The Kier molecular flexibility index (Phi) is 5.00. The molecule has 0 aliphatic carbocycles. The summed E-state index contributed by atoms with van der Waals surface area (Å²) in [5.41, 5.74) is -0.108. The van der Waals surface area contributed by atoms with Crippen molar-refractivity contribution >= 4 is 29.1 Å². The molecule has 0 spiro atoms. The van der Waals surface area contributed by atoms with Crippen molar-refractivity contribution in [2.75, 3.05) is 6.54 Å². The molecular weight excluding hydrogens is 319 g/mol. The van der Waals surface area contributed by atoms with Gasteiger partial charge in [-0.05, 0) is 23.8 Å². The van der Waals surface area contributed by atoms with Crippen LogP contribution in [0, 0.1) is 0 Å². The molecule has 1 heterocycles. The van der Waals surface area contributed by atoms with Crippen molar-refractivity contribution in [1.29, 1.82) is 0 Å². The van der Waals surface area contributed by atoms with Crippen molar-refractivity contribution in [2.24, 2.45) is 0 Å². The number of benzene rings is 1. The minimum Gasteiger partial charge on any atom is -0.378 e. The van der Waals surface area contributed by atoms with Crippen LogP contribution in [0.2, 0.25) is 10.0 Å². The largest absolute Gasteiger partial charge is 0.378 e. The number of hydrogen-bond donors (Lipinski definition) is 4. The molecule has 1 unspecified atom stereocenters. The van der Waals surface area contributed by atoms with E-state index in [2.05, 4.69) is 20.5 Å². The molecule has 1 amide bonds. The molecule has 0 saturated heterocycles. The number of carbonyl (C=O) groups excluding carboxylic acids is 1. The number of nitrogens with one attached hydrogen (secondary N) is 3. The van der Waals surface area contributed by atoms with Crippen LogP contribution in [0.1, 0.15) is 17.5 Å². The zero-order chi connectivity index (χ0) is 15.4. The Bertz CT molecular complexity index is 678. The van der Waals surface area contributed by atoms with Crippen LogP contribution in [-0.2, 0) is 11.2 Å². The van der Waals surface area contributed by atoms with Crippen molar-refractivity contribution in [1.82, 2.24) is 20.5 Å². The Morgan fingerprint density at radius 3 is 2.57 bits per heavy atom. The Hall–Kier alpha value is -1.83. The fraction of sp³-hybridized carbons (Fsp3) is 0.250. The molecule has 21 heavy (non-hydrogen) atoms. The Morgan fingerprint density at radius 2 is 2.00 bits per heavy atom. The van der Waals surface area contributed by atoms with Crippen molar-refractivity contribution in [3.8, 4) is 0 Å². The molecule has 112 valence electrons. The second kappa shape index (κ2) is 6.75. The van der Waals surface area contributed by atoms with Crippen molar-refractivity contribution < 1.29 is 9.90 Å². The van der Waals surface area contributed by atoms with Crippen LogP contribution in [-0.4, -0.2) is 32.7 Å². The van der Waals surface area contributed by atoms with Gasteiger partial charge in [-0.3, -0.25) is 9.78 Å². The number of nitrogens with zero attached hydrogens (tertiary/aromatic N) is 1. The van der Waals surface area contributed by atoms with Crippen LogP contribution in [0.4, 0.5) is 0 Å². The minimum atomic E-state index is -1.38. The molecule has 1 aromatic carbocycles. The summed E-state index contributed by atoms with van der Waals surface area (Å²) < 4.78 is 0. The van der Waals surface area contributed by atoms with Crippen LogP contribution in [0.3, 0.4) is 0 Å². The van der Waals surface area contributed by atoms with Gasteiger partial charge in [0, 0.05) is 23.0 Å². The van der Waals surface area contributed by atoms with Gasteiger partial charge in [-0.15, -0.1) is 0 Å². The second-order valence-electron chi connectivity index (χ2n) is 4.27. The van der Waals surface area contributed by atoms with E-state index in [1.807, 2.05) is 0 Å². The molecule has 2 rings (SSSR count). The first kappa shape index (κ1) is 15.6. The first-order valence-electron chi connectivity index (χ1n) is 6.01. The lowest BCUT2D eigenvalue weighted by atomic mass is 10.1. The lowest BCUT2D eigenvalue weighted by molar-refractivity contribution is -0.129. The summed E-state index contributed by atoms with van der Waals surface area (Å²) in [4.78, 5) is 25.1. The van der Waals surface area contributed by atoms with Gasteiger partial charge in [0.2, 0.25) is 0 Å². The Morgan fingerprint density at radius 1 is 1.33 bits per heavy atom. The van der Waals surface area contributed by atoms with Gasteiger partial charge in [0.25, 0.3) is 5.91 Å². The lowest BCUT2D eigenvalue weighted by Gasteiger charge is -2.12. The van der Waals surface area contributed by atoms with Crippen LogP contribution in [0.25, 0.3) is 0 Å². The number of hydrogen-bond acceptors (Lipinski definition) is 4. The maximum Gasteiger partial charge on any atom is 0.340 e. The standard InChI is InChI=1S/C12H12Cl2N4O3/c13-7-3-6(4-8(14)5-7)10(19)11(20)15-2-1-9-16-12(21)18-17-9/h3-5,10,19H,1-2H2,(H,15,20)(H2,16,17,18,21). The normalized spacial score (nSPS) is 12.1. The fourth-order valence-corrected chi connectivity index (χ4v) is 2.25. The number of halogens is 2. The molecule has 9 heteroatoms. The number of aliphatic hydroxyl groups excluding tert-OH is 1. The van der Waals surface area contributed by atoms with Gasteiger partial charge in [-0.25, -0.2) is 9.89 Å². The summed E-state index contributed by atoms with van der Waals surface area (Å²) >= 11 is 11.6. The van der Waals surface area contributed by atoms with Gasteiger partial charge in [0.1, 0.15) is 5.82 Å². The third-order valence-corrected chi connectivity index (χ3v) is 3.10. The average Bonchev–Trinajstić information content (AvgIpc) is 2.82. The summed E-state index contributed by atoms with van der Waals surface area (Å²) in [6.07, 6.45) is -1.05. The smallest absolute Gasteiger partial charge is 0.340 e. The summed E-state index contributed by atoms with van der Waals surface area (Å²) in [5.74, 6) is -0.174. The van der Waals surface area contributed by atoms with E-state index in [0.717, 1.165) is 0 Å². The highest BCUT2D eigenvalue weighted by Gasteiger charge is 2.18. The fourth-order valence-electron chi connectivity index (χ4n) is 1.71. The van der Waals surface area contributed by atoms with E-state index in [1.54, 1.807) is 0 Å². The molecule has 0 radical (unpaired) electrons. The molecule has 0 aliphatic heterocycles. The molecule has 0 saturated carbocycles. The maximum atomic E-state index is 11.8. The van der Waals surface area contributed by atoms with Gasteiger partial charge < -0.3 is 10.4 Å². The molecule has 1 atom stereocenters. The number of amides is 1. The highest BCUT2D eigenvalue weighted by Crippen LogP contribution is 2.23. The quantitative estimate of drug-likeness (QED) is 0.649. The van der Waals surface area contributed by atoms with Crippen LogP contribution >= 0.6 is 23.2 Å². The molecule has 0 fully saturated rings. The molecule has 1 aromatic heterocycles. The first-order chi connectivity index (χ1) is 9.95. The van der Waals surface area contributed by atoms with E-state index >= 15 is 0 Å². The monoisotopic (exact) mass is 330 g/mol. The number of rotatable bonds is 5. The van der Waals surface area contributed by atoms with Crippen molar-refractivity contribution in [2.45, 2.75) is 12.5 Å². The van der Waals surface area contributed by atoms with E-state index in [0.29, 0.717) is 27.9 Å². The number of carbonyl (C=O) groups is 1. The number of H-pyrrole nitrogens is 2. The van der Waals surface area contributed by atoms with E-state index in [-0.39, 0.29) is 6.54 Å². The predicted molar refractivity (Wildman–Crippen MR) is 77.3 cm³/mol. The van der Waals surface area contributed by atoms with Gasteiger partial charge in [0.15, 0.2) is 6.10 Å². The van der Waals surface area contributed by atoms with Crippen molar-refractivity contribution in [3.63, 3.8) is 0 Å². The zero-order valence-electron chi connectivity index (χ0n) is 10.7. The lowest BCUT2D eigenvalue weighted by Crippen LogP contribution is -2.31. The maximum absolute atomic E-state index is 11.8. The molecule has 7 nitrogen and oxygen atoms in total. The second-order valence-corrected chi connectivity index (χ2v) is 5.14. The highest BCUT2D eigenvalue weighted by molar-refractivity contribution is 6.34. The SMILES string of the molecule is O=C(NCCc1n[nH]c(=O)[nH]1)C(O)c1cc(Cl)cc(Cl)c1. The Labute approximate surface area is 129 Å². The summed E-state index contributed by atoms with van der Waals surface area (Å²) in [7, 11) is 0. The number of aliphatic hydroxyl groups is 1. The van der Waals surface area contributed by atoms with Gasteiger partial charge in [0.05, 0.1) is 0 Å². The average molecular weight is 331 g/mol. The number of aromatic nitrogens is 3. The molecular formula is C12H12Cl2N4O3. The first-order valence-corrected chi connectivity index (χ1v) is 6.76. The summed E-state index contributed by atoms with van der Waals surface area (Å²) in [5, 5.41) is 19.0. The topological polar surface area (TPSA) is 111 Å². The third kappa shape index (κ3) is 4.32. The molecule has 2 aromatic rings. The van der Waals surface area contributed by atoms with Crippen molar-refractivity contribution in [3.05, 3.63) is 50.1 Å². The highest BCUT2D eigenvalue weighted by atomic mass is 35.5. The third-order valence-electron chi connectivity index (χ3n) is 2.66. The Balaban J connectivity index is 1.91. The van der Waals surface area contributed by atoms with E-state index in [9.17, 15) is 14.7 Å². The van der Waals surface area contributed by atoms with E-state index in [1.165, 1.54) is 18.2 Å². The van der Waals surface area contributed by atoms with Crippen LogP contribution in [0.15, 0.2) is 23.0 Å². The van der Waals surface area contributed by atoms with Gasteiger partial charge in [-0.2, -0.15) is 5.10 Å². The van der Waals surface area contributed by atoms with Gasteiger partial charge >= 0.3 is 5.69 Å². The van der Waals surface area contributed by atoms with Crippen LogP contribution < -0.4 is 11.0 Å². The summed E-state index contributed by atoms with van der Waals surface area (Å²) in [6, 6.07) is 4.43. The minimum absolute atomic E-state index is 0.213. The van der Waals surface area contributed by atoms with E-state index < -0.39 is 17.7 Å². The molecule has 0 bridgehead atoms. The number of aromatic amines is 2. The van der Waals surface area contributed by atoms with Crippen LogP contribution in [0.5, 0.6) is 0 Å². The van der Waals surface area contributed by atoms with E-state index in [4.69, 9.17) is 23.2 Å². The molecule has 0 aliphatic rings. The van der Waals surface area contributed by atoms with Gasteiger partial charge in [-0.1, -0.05) is 23.2 Å². The predicted octanol–water partition coefficient (Wildman–Crippen LogP) is 0.797. The molecule has 4 N–H and O–H groups in total.